The Balaban J connectivity index is 0.000000684. The Morgan fingerprint density at radius 3 is 0.908 bits per heavy atom. The van der Waals surface area contributed by atoms with Gasteiger partial charge in [0, 0.05) is 28.7 Å². The normalized spacial score (nSPS) is 13.9. The van der Waals surface area contributed by atoms with Crippen LogP contribution in [0.25, 0.3) is 16.9 Å². The Hall–Kier alpha value is -2.19. The number of allylic oxidation sites excluding steroid dienone is 2. The van der Waals surface area contributed by atoms with Crippen molar-refractivity contribution in [2.75, 3.05) is 6.61 Å². The zero-order chi connectivity index (χ0) is 70.8. The number of unbranched alkanes of at least 4 members (excludes halogenated alkanes) is 53. The van der Waals surface area contributed by atoms with Crippen molar-refractivity contribution in [3.63, 3.8) is 0 Å². The van der Waals surface area contributed by atoms with Gasteiger partial charge >= 0.3 is 166 Å². The van der Waals surface area contributed by atoms with Crippen LogP contribution in [-0.4, -0.2) is 61.3 Å². The molecule has 0 fully saturated rings. The van der Waals surface area contributed by atoms with E-state index in [1.165, 1.54) is 372 Å². The number of aliphatic hydroxyl groups excluding tert-OH is 5. The van der Waals surface area contributed by atoms with Gasteiger partial charge in [-0.15, -0.1) is 0 Å². The molecule has 0 saturated heterocycles. The topological polar surface area (TPSA) is 126 Å². The number of nitrogens with zero attached hydrogens (tertiary/aromatic N) is 2. The standard InChI is InChI=1S/C36H52N2O5.2C27H55.Ni/c1-4-7-10-11-13-25-14-12-15-28(22-25)34-30(17-9-6-3)29(16-8-5-2)33(38(34)37)27-20-18-26(19-21-27)23-31(40)35(42)36(43)32(41)24-39;2*1-3-5-7-9-11-13-15-17-19-21-23-25-27-26-24-22-20-18-16-14-12-10-8-6-4-2;/h12,14-15,18-22,31-32,35-36,39-43H,4-11,13,16-17,23-24H2,1-3H3;2*1,3-27H2,2H3;. The van der Waals surface area contributed by atoms with Gasteiger partial charge in [-0.1, -0.05) is 271 Å². The quantitative estimate of drug-likeness (QED) is 0.0256. The van der Waals surface area contributed by atoms with E-state index in [4.69, 9.17) is 5.11 Å². The fraction of sp³-hybridized carbons (Fsp3) is 0.822. The number of rotatable bonds is 71. The van der Waals surface area contributed by atoms with Gasteiger partial charge in [0.1, 0.15) is 18.3 Å². The molecule has 8 heteroatoms. The van der Waals surface area contributed by atoms with Crippen LogP contribution in [0.15, 0.2) is 59.7 Å². The summed E-state index contributed by atoms with van der Waals surface area (Å²) in [5.41, 5.74) is 19.8. The third-order valence-corrected chi connectivity index (χ3v) is 22.5. The van der Waals surface area contributed by atoms with Crippen LogP contribution in [-0.2, 0) is 27.3 Å². The number of aryl methyl sites for hydroxylation is 1. The molecule has 0 spiro atoms. The molecule has 1 heterocycles. The first-order valence-corrected chi connectivity index (χ1v) is 44.5. The van der Waals surface area contributed by atoms with Crippen molar-refractivity contribution >= 4 is 11.4 Å². The van der Waals surface area contributed by atoms with Crippen LogP contribution in [0.3, 0.4) is 0 Å². The van der Waals surface area contributed by atoms with Crippen molar-refractivity contribution in [1.82, 2.24) is 0 Å². The molecule has 2 aromatic carbocycles. The van der Waals surface area contributed by atoms with Gasteiger partial charge in [0.25, 0.3) is 0 Å². The first kappa shape index (κ1) is 91.9. The molecule has 0 aromatic heterocycles. The zero-order valence-corrected chi connectivity index (χ0v) is 66.3. The van der Waals surface area contributed by atoms with Crippen molar-refractivity contribution in [2.24, 2.45) is 0 Å². The Bertz CT molecular complexity index is 2090. The first-order valence-electron chi connectivity index (χ1n) is 43.1. The van der Waals surface area contributed by atoms with Crippen LogP contribution < -0.4 is 0 Å². The summed E-state index contributed by atoms with van der Waals surface area (Å²) in [4.78, 5) is 0. The maximum atomic E-state index is 11.8. The van der Waals surface area contributed by atoms with Gasteiger partial charge in [-0.3, -0.25) is 0 Å². The van der Waals surface area contributed by atoms with Gasteiger partial charge in [0.2, 0.25) is 11.4 Å². The zero-order valence-electron chi connectivity index (χ0n) is 65.3. The van der Waals surface area contributed by atoms with E-state index >= 15 is 0 Å². The van der Waals surface area contributed by atoms with Crippen LogP contribution in [0.5, 0.6) is 0 Å². The van der Waals surface area contributed by atoms with Crippen molar-refractivity contribution < 1.29 is 44.7 Å². The summed E-state index contributed by atoms with van der Waals surface area (Å²) >= 11 is 2.05. The molecule has 1 aliphatic heterocycles. The molecule has 3 rings (SSSR count). The Kier molecular flexibility index (Phi) is 63.7. The molecule has 1 aliphatic rings. The van der Waals surface area contributed by atoms with Crippen LogP contribution in [0, 0.1) is 0 Å². The Labute approximate surface area is 614 Å². The van der Waals surface area contributed by atoms with E-state index in [2.05, 4.69) is 73.3 Å². The molecular weight excluding hydrogens is 1250 g/mol. The van der Waals surface area contributed by atoms with E-state index < -0.39 is 31.0 Å². The van der Waals surface area contributed by atoms with Gasteiger partial charge in [-0.25, -0.2) is 4.70 Å². The van der Waals surface area contributed by atoms with E-state index in [0.717, 1.165) is 79.5 Å². The summed E-state index contributed by atoms with van der Waals surface area (Å²) in [7, 11) is 0. The molecule has 5 N–H and O–H groups in total. The van der Waals surface area contributed by atoms with Crippen LogP contribution in [0.2, 0.25) is 10.8 Å². The molecule has 7 nitrogen and oxygen atoms in total. The van der Waals surface area contributed by atoms with E-state index in [1.807, 2.05) is 24.3 Å². The molecule has 4 atom stereocenters. The minimum Gasteiger partial charge on any atom is -0.493 e. The monoisotopic (exact) mass is 1410 g/mol. The summed E-state index contributed by atoms with van der Waals surface area (Å²) < 4.78 is 1.38. The van der Waals surface area contributed by atoms with Crippen LogP contribution in [0.1, 0.15) is 442 Å². The van der Waals surface area contributed by atoms with E-state index in [0.29, 0.717) is 0 Å². The summed E-state index contributed by atoms with van der Waals surface area (Å²) in [5.74, 6) is 0. The molecule has 0 radical (unpaired) electrons. The van der Waals surface area contributed by atoms with Gasteiger partial charge in [0.15, 0.2) is 0 Å². The smallest absolute Gasteiger partial charge is 0.493 e. The second-order valence-corrected chi connectivity index (χ2v) is 31.8. The molecule has 98 heavy (non-hydrogen) atoms. The van der Waals surface area contributed by atoms with Crippen molar-refractivity contribution in [3.05, 3.63) is 87.5 Å². The van der Waals surface area contributed by atoms with E-state index in [1.54, 1.807) is 0 Å². The van der Waals surface area contributed by atoms with Crippen molar-refractivity contribution in [1.29, 1.82) is 0 Å². The number of aliphatic hydroxyl groups is 5. The maximum absolute atomic E-state index is 11.8. The van der Waals surface area contributed by atoms with Crippen molar-refractivity contribution in [2.45, 2.75) is 468 Å². The van der Waals surface area contributed by atoms with Gasteiger partial charge in [-0.05, 0) is 73.9 Å². The number of hydrogen-bond donors (Lipinski definition) is 5. The molecular formula is C90H162N2NiO5. The Morgan fingerprint density at radius 2 is 0.592 bits per heavy atom. The third-order valence-electron chi connectivity index (χ3n) is 21.1. The van der Waals surface area contributed by atoms with Crippen LogP contribution in [0.4, 0.5) is 0 Å². The Morgan fingerprint density at radius 1 is 0.306 bits per heavy atom. The van der Waals surface area contributed by atoms with Gasteiger partial charge in [0.05, 0.1) is 12.7 Å². The van der Waals surface area contributed by atoms with E-state index in [9.17, 15) is 26.0 Å². The van der Waals surface area contributed by atoms with Gasteiger partial charge < -0.3 is 31.1 Å². The summed E-state index contributed by atoms with van der Waals surface area (Å²) in [6, 6.07) is 16.1. The number of benzene rings is 2. The molecule has 4 unspecified atom stereocenters. The number of hydrogen-bond acceptors (Lipinski definition) is 5. The minimum atomic E-state index is -1.66. The summed E-state index contributed by atoms with van der Waals surface area (Å²) in [6.45, 7) is 10.5. The predicted molar refractivity (Wildman–Crippen MR) is 424 cm³/mol. The van der Waals surface area contributed by atoms with Crippen molar-refractivity contribution in [3.8, 4) is 0 Å². The molecule has 572 valence electrons. The summed E-state index contributed by atoms with van der Waals surface area (Å²) in [6.07, 6.45) is 79.9. The SMILES string of the molecule is CCCCCCCCCCCCCCCCCCCCCCCCCC[CH2][Ni][CH2]CCCCCCCCCCCCCCCCCCCCCCCCCC.CCCCCCc1cccc(C2=C(CCCC)C(CCCC)=C(c3ccc(CC(O)C(O)C(O)C(O)CO)cc3)[N+]2=[N-])c1. The minimum absolute atomic E-state index is 0.0531. The molecule has 0 aliphatic carbocycles. The molecule has 2 aromatic rings. The van der Waals surface area contributed by atoms with Gasteiger partial charge in [-0.2, -0.15) is 0 Å². The fourth-order valence-electron chi connectivity index (χ4n) is 14.5. The van der Waals surface area contributed by atoms with Crippen LogP contribution >= 0.6 is 0 Å². The third kappa shape index (κ3) is 48.0. The molecule has 0 amide bonds. The average Bonchev–Trinajstić information content (AvgIpc) is 1.61. The fourth-order valence-corrected chi connectivity index (χ4v) is 15.8. The summed E-state index contributed by atoms with van der Waals surface area (Å²) in [5, 5.41) is 52.2. The second kappa shape index (κ2) is 68.0. The van der Waals surface area contributed by atoms with E-state index in [-0.39, 0.29) is 6.42 Å². The second-order valence-electron chi connectivity index (χ2n) is 30.3. The predicted octanol–water partition coefficient (Wildman–Crippen LogP) is 27.8. The molecule has 0 bridgehead atoms. The molecule has 0 saturated carbocycles. The average molecular weight is 1410 g/mol. The first-order chi connectivity index (χ1) is 48.2.